The van der Waals surface area contributed by atoms with Gasteiger partial charge in [-0.05, 0) is 37.0 Å². The van der Waals surface area contributed by atoms with Crippen molar-refractivity contribution < 1.29 is 9.53 Å². The predicted molar refractivity (Wildman–Crippen MR) is 74.6 cm³/mol. The van der Waals surface area contributed by atoms with Crippen LogP contribution in [0.1, 0.15) is 23.2 Å². The lowest BCUT2D eigenvalue weighted by Crippen LogP contribution is -2.12. The third-order valence-electron chi connectivity index (χ3n) is 3.08. The highest BCUT2D eigenvalue weighted by molar-refractivity contribution is 6.04. The fourth-order valence-electron chi connectivity index (χ4n) is 1.76. The number of nitrogens with zero attached hydrogens (tertiary/aromatic N) is 2. The molecule has 0 bridgehead atoms. The van der Waals surface area contributed by atoms with Crippen molar-refractivity contribution in [2.45, 2.75) is 12.8 Å². The van der Waals surface area contributed by atoms with Crippen molar-refractivity contribution >= 4 is 11.6 Å². The quantitative estimate of drug-likeness (QED) is 0.905. The second-order valence-corrected chi connectivity index (χ2v) is 4.83. The summed E-state index contributed by atoms with van der Waals surface area (Å²) < 4.78 is 5.57. The smallest absolute Gasteiger partial charge is 0.255 e. The molecule has 2 aromatic rings. The Morgan fingerprint density at radius 2 is 2.25 bits per heavy atom. The third kappa shape index (κ3) is 3.32. The molecule has 0 aromatic carbocycles. The summed E-state index contributed by atoms with van der Waals surface area (Å²) in [5.41, 5.74) is 1.18. The number of anilines is 1. The molecule has 0 unspecified atom stereocenters. The Bertz CT molecular complexity index is 597. The monoisotopic (exact) mass is 269 g/mol. The van der Waals surface area contributed by atoms with Crippen LogP contribution < -0.4 is 10.1 Å². The van der Waals surface area contributed by atoms with Crippen LogP contribution in [0.2, 0.25) is 0 Å². The SMILES string of the molecule is O=C(Nc1cccnc1)c1ccnc(OCC2CC2)c1. The Morgan fingerprint density at radius 3 is 3.00 bits per heavy atom. The lowest BCUT2D eigenvalue weighted by molar-refractivity contribution is 0.102. The molecule has 102 valence electrons. The lowest BCUT2D eigenvalue weighted by atomic mass is 10.2. The van der Waals surface area contributed by atoms with E-state index in [4.69, 9.17) is 4.74 Å². The van der Waals surface area contributed by atoms with Gasteiger partial charge in [-0.3, -0.25) is 9.78 Å². The molecule has 3 rings (SSSR count). The van der Waals surface area contributed by atoms with E-state index in [1.54, 1.807) is 42.9 Å². The van der Waals surface area contributed by atoms with Crippen LogP contribution in [0.15, 0.2) is 42.9 Å². The number of rotatable bonds is 5. The molecule has 5 nitrogen and oxygen atoms in total. The maximum absolute atomic E-state index is 12.1. The number of ether oxygens (including phenoxy) is 1. The second-order valence-electron chi connectivity index (χ2n) is 4.83. The van der Waals surface area contributed by atoms with Crippen LogP contribution in [0.3, 0.4) is 0 Å². The Labute approximate surface area is 117 Å². The minimum absolute atomic E-state index is 0.198. The zero-order valence-corrected chi connectivity index (χ0v) is 11.0. The van der Waals surface area contributed by atoms with Gasteiger partial charge in [0.05, 0.1) is 18.5 Å². The number of hydrogen-bond acceptors (Lipinski definition) is 4. The van der Waals surface area contributed by atoms with Crippen molar-refractivity contribution in [1.82, 2.24) is 9.97 Å². The van der Waals surface area contributed by atoms with Gasteiger partial charge in [0, 0.05) is 24.0 Å². The van der Waals surface area contributed by atoms with E-state index in [0.29, 0.717) is 29.7 Å². The Morgan fingerprint density at radius 1 is 1.35 bits per heavy atom. The number of amides is 1. The van der Waals surface area contributed by atoms with Crippen LogP contribution in [0.4, 0.5) is 5.69 Å². The molecule has 0 saturated heterocycles. The first-order valence-electron chi connectivity index (χ1n) is 6.61. The third-order valence-corrected chi connectivity index (χ3v) is 3.08. The molecule has 1 amide bonds. The van der Waals surface area contributed by atoms with Crippen LogP contribution in [0.25, 0.3) is 0 Å². The molecule has 0 atom stereocenters. The van der Waals surface area contributed by atoms with Crippen LogP contribution in [0, 0.1) is 5.92 Å². The molecule has 0 spiro atoms. The summed E-state index contributed by atoms with van der Waals surface area (Å²) in [6.07, 6.45) is 7.29. The van der Waals surface area contributed by atoms with Crippen LogP contribution in [-0.4, -0.2) is 22.5 Å². The summed E-state index contributed by atoms with van der Waals surface area (Å²) in [4.78, 5) is 20.2. The predicted octanol–water partition coefficient (Wildman–Crippen LogP) is 2.52. The zero-order chi connectivity index (χ0) is 13.8. The first-order chi connectivity index (χ1) is 9.81. The maximum Gasteiger partial charge on any atom is 0.255 e. The minimum atomic E-state index is -0.198. The average molecular weight is 269 g/mol. The summed E-state index contributed by atoms with van der Waals surface area (Å²) in [6, 6.07) is 6.88. The molecule has 1 saturated carbocycles. The fourth-order valence-corrected chi connectivity index (χ4v) is 1.76. The van der Waals surface area contributed by atoms with Gasteiger partial charge in [0.2, 0.25) is 5.88 Å². The molecule has 2 aromatic heterocycles. The fraction of sp³-hybridized carbons (Fsp3) is 0.267. The van der Waals surface area contributed by atoms with Crippen molar-refractivity contribution in [3.8, 4) is 5.88 Å². The molecule has 1 N–H and O–H groups in total. The summed E-state index contributed by atoms with van der Waals surface area (Å²) in [5.74, 6) is 0.956. The van der Waals surface area contributed by atoms with E-state index in [2.05, 4.69) is 15.3 Å². The van der Waals surface area contributed by atoms with Gasteiger partial charge in [0.15, 0.2) is 0 Å². The second kappa shape index (κ2) is 5.69. The molecule has 2 heterocycles. The van der Waals surface area contributed by atoms with Gasteiger partial charge in [-0.1, -0.05) is 0 Å². The van der Waals surface area contributed by atoms with Crippen molar-refractivity contribution in [3.05, 3.63) is 48.4 Å². The van der Waals surface area contributed by atoms with Gasteiger partial charge in [0.25, 0.3) is 5.91 Å². The van der Waals surface area contributed by atoms with E-state index in [0.717, 1.165) is 0 Å². The molecule has 1 fully saturated rings. The molecule has 5 heteroatoms. The normalized spacial score (nSPS) is 13.8. The molecular weight excluding hydrogens is 254 g/mol. The van der Waals surface area contributed by atoms with Crippen LogP contribution >= 0.6 is 0 Å². The molecule has 0 radical (unpaired) electrons. The van der Waals surface area contributed by atoms with Crippen molar-refractivity contribution in [1.29, 1.82) is 0 Å². The van der Waals surface area contributed by atoms with Crippen molar-refractivity contribution in [2.75, 3.05) is 11.9 Å². The van der Waals surface area contributed by atoms with Gasteiger partial charge in [0.1, 0.15) is 0 Å². The molecule has 20 heavy (non-hydrogen) atoms. The summed E-state index contributed by atoms with van der Waals surface area (Å²) >= 11 is 0. The first kappa shape index (κ1) is 12.6. The molecule has 1 aliphatic carbocycles. The minimum Gasteiger partial charge on any atom is -0.477 e. The standard InChI is InChI=1S/C15H15N3O2/c19-15(18-13-2-1-6-16-9-13)12-5-7-17-14(8-12)20-10-11-3-4-11/h1-2,5-9,11H,3-4,10H2,(H,18,19). The van der Waals surface area contributed by atoms with E-state index in [1.807, 2.05) is 0 Å². The summed E-state index contributed by atoms with van der Waals surface area (Å²) in [6.45, 7) is 0.681. The van der Waals surface area contributed by atoms with E-state index >= 15 is 0 Å². The number of carbonyl (C=O) groups excluding carboxylic acids is 1. The number of aromatic nitrogens is 2. The highest BCUT2D eigenvalue weighted by Crippen LogP contribution is 2.29. The summed E-state index contributed by atoms with van der Waals surface area (Å²) in [7, 11) is 0. The lowest BCUT2D eigenvalue weighted by Gasteiger charge is -2.07. The molecule has 1 aliphatic rings. The van der Waals surface area contributed by atoms with E-state index in [1.165, 1.54) is 12.8 Å². The van der Waals surface area contributed by atoms with E-state index in [9.17, 15) is 4.79 Å². The van der Waals surface area contributed by atoms with Crippen LogP contribution in [-0.2, 0) is 0 Å². The highest BCUT2D eigenvalue weighted by Gasteiger charge is 2.22. The zero-order valence-electron chi connectivity index (χ0n) is 11.0. The van der Waals surface area contributed by atoms with E-state index in [-0.39, 0.29) is 5.91 Å². The van der Waals surface area contributed by atoms with Crippen LogP contribution in [0.5, 0.6) is 5.88 Å². The molecular formula is C15H15N3O2. The van der Waals surface area contributed by atoms with Crippen molar-refractivity contribution in [3.63, 3.8) is 0 Å². The Hall–Kier alpha value is -2.43. The van der Waals surface area contributed by atoms with Gasteiger partial charge in [-0.2, -0.15) is 0 Å². The van der Waals surface area contributed by atoms with Gasteiger partial charge >= 0.3 is 0 Å². The number of carbonyl (C=O) groups is 1. The van der Waals surface area contributed by atoms with Gasteiger partial charge in [-0.25, -0.2) is 4.98 Å². The summed E-state index contributed by atoms with van der Waals surface area (Å²) in [5, 5.41) is 2.78. The Kier molecular flexibility index (Phi) is 3.58. The van der Waals surface area contributed by atoms with E-state index < -0.39 is 0 Å². The maximum atomic E-state index is 12.1. The topological polar surface area (TPSA) is 64.1 Å². The largest absolute Gasteiger partial charge is 0.477 e. The number of hydrogen-bond donors (Lipinski definition) is 1. The first-order valence-corrected chi connectivity index (χ1v) is 6.61. The van der Waals surface area contributed by atoms with Gasteiger partial charge < -0.3 is 10.1 Å². The van der Waals surface area contributed by atoms with Gasteiger partial charge in [-0.15, -0.1) is 0 Å². The molecule has 0 aliphatic heterocycles. The van der Waals surface area contributed by atoms with Crippen molar-refractivity contribution in [2.24, 2.45) is 5.92 Å². The highest BCUT2D eigenvalue weighted by atomic mass is 16.5. The number of pyridine rings is 2. The average Bonchev–Trinajstić information content (AvgIpc) is 3.31. The Balaban J connectivity index is 1.65. The number of nitrogens with one attached hydrogen (secondary N) is 1.